The number of halogens is 1. The predicted molar refractivity (Wildman–Crippen MR) is 116 cm³/mol. The molecule has 0 saturated heterocycles. The van der Waals surface area contributed by atoms with Crippen LogP contribution in [0.5, 0.6) is 0 Å². The minimum Gasteiger partial charge on any atom is -0.359 e. The molecule has 0 aromatic heterocycles. The molecular formula is C23H19FN4O2. The van der Waals surface area contributed by atoms with E-state index in [-0.39, 0.29) is 11.5 Å². The Morgan fingerprint density at radius 2 is 1.90 bits per heavy atom. The molecule has 7 heteroatoms. The van der Waals surface area contributed by atoms with Gasteiger partial charge in [-0.25, -0.2) is 9.38 Å². The average Bonchev–Trinajstić information content (AvgIpc) is 2.75. The third-order valence-corrected chi connectivity index (χ3v) is 4.95. The molecule has 4 rings (SSSR count). The lowest BCUT2D eigenvalue weighted by Gasteiger charge is -2.27. The van der Waals surface area contributed by atoms with Gasteiger partial charge in [0.2, 0.25) is 0 Å². The fourth-order valence-electron chi connectivity index (χ4n) is 3.46. The zero-order valence-corrected chi connectivity index (χ0v) is 16.2. The van der Waals surface area contributed by atoms with E-state index in [4.69, 9.17) is 0 Å². The highest BCUT2D eigenvalue weighted by molar-refractivity contribution is 6.08. The molecule has 1 heterocycles. The number of rotatable bonds is 4. The first-order valence-electron chi connectivity index (χ1n) is 9.33. The summed E-state index contributed by atoms with van der Waals surface area (Å²) in [6, 6.07) is 18.5. The van der Waals surface area contributed by atoms with Crippen LogP contribution in [0.4, 0.5) is 15.8 Å². The van der Waals surface area contributed by atoms with Crippen LogP contribution in [-0.4, -0.2) is 10.8 Å². The zero-order valence-electron chi connectivity index (χ0n) is 16.2. The summed E-state index contributed by atoms with van der Waals surface area (Å²) in [5.74, 6) is 0.144. The summed E-state index contributed by atoms with van der Waals surface area (Å²) in [5, 5.41) is 17.9. The standard InChI is InChI=1S/C23H19FN4O2/c1-14-11-12-16(24)13-19(14)15(2)25-22-17-7-3-5-9-20(17)26-23(27-22)18-8-4-6-10-21(18)28(29)30/h3-13,23,26H,2H2,1H3,(H,25,27). The summed E-state index contributed by atoms with van der Waals surface area (Å²) in [6.45, 7) is 5.92. The van der Waals surface area contributed by atoms with Crippen molar-refractivity contribution in [2.45, 2.75) is 13.1 Å². The maximum Gasteiger partial charge on any atom is 0.276 e. The molecule has 0 fully saturated rings. The van der Waals surface area contributed by atoms with Crippen molar-refractivity contribution in [1.82, 2.24) is 5.32 Å². The number of amidine groups is 1. The van der Waals surface area contributed by atoms with Crippen LogP contribution in [0.2, 0.25) is 0 Å². The van der Waals surface area contributed by atoms with Gasteiger partial charge in [0.05, 0.1) is 10.5 Å². The van der Waals surface area contributed by atoms with Crippen molar-refractivity contribution in [3.05, 3.63) is 111 Å². The fourth-order valence-corrected chi connectivity index (χ4v) is 3.46. The molecule has 1 aliphatic rings. The van der Waals surface area contributed by atoms with Crippen LogP contribution < -0.4 is 10.6 Å². The average molecular weight is 402 g/mol. The number of aryl methyl sites for hydroxylation is 1. The first-order valence-corrected chi connectivity index (χ1v) is 9.33. The number of hydrogen-bond acceptors (Lipinski definition) is 5. The molecular weight excluding hydrogens is 383 g/mol. The number of para-hydroxylation sites is 2. The normalized spacial score (nSPS) is 14.9. The summed E-state index contributed by atoms with van der Waals surface area (Å²) in [6.07, 6.45) is -0.662. The SMILES string of the molecule is C=C(NC1=NC(c2ccccc2[N+](=O)[O-])Nc2ccccc21)c1cc(F)ccc1C. The van der Waals surface area contributed by atoms with Crippen LogP contribution in [0.3, 0.4) is 0 Å². The molecule has 0 amide bonds. The molecule has 6 nitrogen and oxygen atoms in total. The topological polar surface area (TPSA) is 79.6 Å². The van der Waals surface area contributed by atoms with E-state index in [9.17, 15) is 14.5 Å². The second-order valence-corrected chi connectivity index (χ2v) is 6.95. The Hall–Kier alpha value is -4.00. The monoisotopic (exact) mass is 402 g/mol. The van der Waals surface area contributed by atoms with E-state index in [2.05, 4.69) is 22.2 Å². The Bertz CT molecular complexity index is 1190. The molecule has 0 radical (unpaired) electrons. The van der Waals surface area contributed by atoms with Crippen molar-refractivity contribution < 1.29 is 9.31 Å². The molecule has 30 heavy (non-hydrogen) atoms. The molecule has 1 unspecified atom stereocenters. The van der Waals surface area contributed by atoms with Gasteiger partial charge in [-0.3, -0.25) is 10.1 Å². The van der Waals surface area contributed by atoms with E-state index in [1.54, 1.807) is 24.3 Å². The molecule has 3 aromatic carbocycles. The van der Waals surface area contributed by atoms with Crippen LogP contribution in [0.1, 0.15) is 28.4 Å². The van der Waals surface area contributed by atoms with Gasteiger partial charge in [0.15, 0.2) is 6.17 Å². The number of nitro groups is 1. The van der Waals surface area contributed by atoms with E-state index in [0.29, 0.717) is 22.7 Å². The smallest absolute Gasteiger partial charge is 0.276 e. The summed E-state index contributed by atoms with van der Waals surface area (Å²) in [5.41, 5.74) is 4.00. The molecule has 0 bridgehead atoms. The Balaban J connectivity index is 1.75. The second kappa shape index (κ2) is 7.79. The Labute approximate surface area is 172 Å². The molecule has 0 saturated carbocycles. The Morgan fingerprint density at radius 3 is 2.70 bits per heavy atom. The van der Waals surface area contributed by atoms with Gasteiger partial charge in [0, 0.05) is 28.6 Å². The van der Waals surface area contributed by atoms with E-state index in [1.165, 1.54) is 18.2 Å². The highest BCUT2D eigenvalue weighted by Crippen LogP contribution is 2.34. The lowest BCUT2D eigenvalue weighted by Crippen LogP contribution is -2.30. The minimum atomic E-state index is -0.662. The maximum atomic E-state index is 13.8. The highest BCUT2D eigenvalue weighted by atomic mass is 19.1. The van der Waals surface area contributed by atoms with Crippen LogP contribution >= 0.6 is 0 Å². The van der Waals surface area contributed by atoms with Crippen molar-refractivity contribution in [3.63, 3.8) is 0 Å². The number of fused-ring (bicyclic) bond motifs is 1. The molecule has 0 aliphatic carbocycles. The van der Waals surface area contributed by atoms with E-state index in [1.807, 2.05) is 31.2 Å². The number of benzene rings is 3. The predicted octanol–water partition coefficient (Wildman–Crippen LogP) is 5.17. The van der Waals surface area contributed by atoms with Crippen LogP contribution in [0.25, 0.3) is 5.70 Å². The number of anilines is 1. The van der Waals surface area contributed by atoms with Crippen molar-refractivity contribution in [2.24, 2.45) is 4.99 Å². The van der Waals surface area contributed by atoms with Gasteiger partial charge in [-0.2, -0.15) is 0 Å². The number of aliphatic imine (C=N–C) groups is 1. The summed E-state index contributed by atoms with van der Waals surface area (Å²) in [7, 11) is 0. The Morgan fingerprint density at radius 1 is 1.17 bits per heavy atom. The number of nitrogens with one attached hydrogen (secondary N) is 2. The van der Waals surface area contributed by atoms with Crippen molar-refractivity contribution in [3.8, 4) is 0 Å². The van der Waals surface area contributed by atoms with Crippen molar-refractivity contribution >= 4 is 22.9 Å². The lowest BCUT2D eigenvalue weighted by atomic mass is 10.0. The van der Waals surface area contributed by atoms with Crippen LogP contribution in [-0.2, 0) is 0 Å². The first kappa shape index (κ1) is 19.3. The van der Waals surface area contributed by atoms with Gasteiger partial charge >= 0.3 is 0 Å². The number of hydrogen-bond donors (Lipinski definition) is 2. The minimum absolute atomic E-state index is 0.0164. The van der Waals surface area contributed by atoms with E-state index >= 15 is 0 Å². The third-order valence-electron chi connectivity index (χ3n) is 4.95. The van der Waals surface area contributed by atoms with Gasteiger partial charge < -0.3 is 10.6 Å². The van der Waals surface area contributed by atoms with Crippen molar-refractivity contribution in [1.29, 1.82) is 0 Å². The van der Waals surface area contributed by atoms with Gasteiger partial charge in [0.25, 0.3) is 5.69 Å². The molecule has 1 atom stereocenters. The molecule has 2 N–H and O–H groups in total. The second-order valence-electron chi connectivity index (χ2n) is 6.95. The number of nitrogens with zero attached hydrogens (tertiary/aromatic N) is 2. The van der Waals surface area contributed by atoms with Crippen LogP contribution in [0, 0.1) is 22.9 Å². The largest absolute Gasteiger partial charge is 0.359 e. The summed E-state index contributed by atoms with van der Waals surface area (Å²) >= 11 is 0. The van der Waals surface area contributed by atoms with Crippen molar-refractivity contribution in [2.75, 3.05) is 5.32 Å². The maximum absolute atomic E-state index is 13.8. The summed E-state index contributed by atoms with van der Waals surface area (Å²) in [4.78, 5) is 15.8. The van der Waals surface area contributed by atoms with E-state index in [0.717, 1.165) is 16.8 Å². The van der Waals surface area contributed by atoms with Gasteiger partial charge in [-0.1, -0.05) is 36.9 Å². The van der Waals surface area contributed by atoms with E-state index < -0.39 is 11.1 Å². The first-order chi connectivity index (χ1) is 14.4. The third kappa shape index (κ3) is 3.65. The van der Waals surface area contributed by atoms with Gasteiger partial charge in [0.1, 0.15) is 11.7 Å². The molecule has 1 aliphatic heterocycles. The quantitative estimate of drug-likeness (QED) is 0.466. The Kier molecular flexibility index (Phi) is 5.02. The number of nitro benzene ring substituents is 1. The van der Waals surface area contributed by atoms with Gasteiger partial charge in [-0.15, -0.1) is 0 Å². The highest BCUT2D eigenvalue weighted by Gasteiger charge is 2.27. The fraction of sp³-hybridized carbons (Fsp3) is 0.0870. The zero-order chi connectivity index (χ0) is 21.3. The van der Waals surface area contributed by atoms with Crippen LogP contribution in [0.15, 0.2) is 78.3 Å². The molecule has 0 spiro atoms. The molecule has 3 aromatic rings. The van der Waals surface area contributed by atoms with Gasteiger partial charge in [-0.05, 0) is 42.8 Å². The lowest BCUT2D eigenvalue weighted by molar-refractivity contribution is -0.385. The molecule has 150 valence electrons. The summed E-state index contributed by atoms with van der Waals surface area (Å²) < 4.78 is 13.8.